The van der Waals surface area contributed by atoms with Gasteiger partial charge in [0.25, 0.3) is 0 Å². The van der Waals surface area contributed by atoms with Crippen LogP contribution in [0.5, 0.6) is 0 Å². The summed E-state index contributed by atoms with van der Waals surface area (Å²) in [6.45, 7) is 1.73. The number of rotatable bonds is 6. The van der Waals surface area contributed by atoms with E-state index in [1.807, 2.05) is 12.1 Å². The summed E-state index contributed by atoms with van der Waals surface area (Å²) in [5.41, 5.74) is 7.56. The van der Waals surface area contributed by atoms with Gasteiger partial charge < -0.3 is 10.8 Å². The molecule has 1 fully saturated rings. The van der Waals surface area contributed by atoms with Gasteiger partial charge in [0.05, 0.1) is 0 Å². The maximum absolute atomic E-state index is 11.4. The van der Waals surface area contributed by atoms with Crippen LogP contribution in [0.2, 0.25) is 0 Å². The second kappa shape index (κ2) is 10.7. The second-order valence-corrected chi connectivity index (χ2v) is 7.07. The Hall–Kier alpha value is -1.59. The van der Waals surface area contributed by atoms with E-state index in [2.05, 4.69) is 53.4 Å². The lowest BCUT2D eigenvalue weighted by Gasteiger charge is -2.39. The molecule has 1 aliphatic rings. The summed E-state index contributed by atoms with van der Waals surface area (Å²) in [7, 11) is 0. The highest BCUT2D eigenvalue weighted by atomic mass is 35.5. The number of carboxylic acids is 1. The van der Waals surface area contributed by atoms with E-state index in [4.69, 9.17) is 5.73 Å². The number of aliphatic carboxylic acids is 1. The first kappa shape index (κ1) is 23.4. The molecule has 3 rings (SSSR count). The molecule has 6 heteroatoms. The fourth-order valence-corrected chi connectivity index (χ4v) is 3.65. The first-order chi connectivity index (χ1) is 12.1. The van der Waals surface area contributed by atoms with E-state index >= 15 is 0 Å². The van der Waals surface area contributed by atoms with Crippen molar-refractivity contribution in [3.8, 4) is 0 Å². The Labute approximate surface area is 173 Å². The van der Waals surface area contributed by atoms with Crippen LogP contribution in [0.4, 0.5) is 0 Å². The topological polar surface area (TPSA) is 66.6 Å². The average molecular weight is 411 g/mol. The molecular formula is C21H28Cl2N2O2. The van der Waals surface area contributed by atoms with Crippen molar-refractivity contribution in [3.05, 3.63) is 71.8 Å². The van der Waals surface area contributed by atoms with Gasteiger partial charge >= 0.3 is 5.97 Å². The zero-order valence-corrected chi connectivity index (χ0v) is 16.9. The Bertz CT molecular complexity index is 648. The molecule has 0 atom stereocenters. The maximum Gasteiger partial charge on any atom is 0.323 e. The molecule has 0 amide bonds. The fraction of sp³-hybridized carbons (Fsp3) is 0.381. The molecular weight excluding hydrogens is 383 g/mol. The molecule has 0 aliphatic heterocycles. The van der Waals surface area contributed by atoms with Gasteiger partial charge in [0, 0.05) is 19.1 Å². The third-order valence-electron chi connectivity index (χ3n) is 5.25. The Morgan fingerprint density at radius 1 is 0.926 bits per heavy atom. The molecule has 0 radical (unpaired) electrons. The molecule has 148 valence electrons. The fourth-order valence-electron chi connectivity index (χ4n) is 3.65. The van der Waals surface area contributed by atoms with E-state index in [0.29, 0.717) is 18.9 Å². The number of nitrogens with zero attached hydrogens (tertiary/aromatic N) is 1. The van der Waals surface area contributed by atoms with Crippen LogP contribution in [0, 0.1) is 0 Å². The largest absolute Gasteiger partial charge is 0.480 e. The van der Waals surface area contributed by atoms with Crippen LogP contribution in [0.15, 0.2) is 60.7 Å². The van der Waals surface area contributed by atoms with E-state index in [0.717, 1.165) is 25.9 Å². The van der Waals surface area contributed by atoms with Crippen LogP contribution in [0.1, 0.15) is 36.8 Å². The molecule has 1 aliphatic carbocycles. The monoisotopic (exact) mass is 410 g/mol. The van der Waals surface area contributed by atoms with Crippen LogP contribution >= 0.6 is 24.8 Å². The van der Waals surface area contributed by atoms with Crippen LogP contribution < -0.4 is 5.73 Å². The lowest BCUT2D eigenvalue weighted by atomic mass is 9.79. The highest BCUT2D eigenvalue weighted by Gasteiger charge is 2.39. The third kappa shape index (κ3) is 6.22. The van der Waals surface area contributed by atoms with Crippen molar-refractivity contribution in [1.82, 2.24) is 4.90 Å². The van der Waals surface area contributed by atoms with Crippen molar-refractivity contribution in [2.75, 3.05) is 0 Å². The molecule has 1 saturated carbocycles. The van der Waals surface area contributed by atoms with Crippen molar-refractivity contribution in [3.63, 3.8) is 0 Å². The summed E-state index contributed by atoms with van der Waals surface area (Å²) in [5, 5.41) is 9.35. The summed E-state index contributed by atoms with van der Waals surface area (Å²) in [6.07, 6.45) is 2.71. The number of benzene rings is 2. The smallest absolute Gasteiger partial charge is 0.323 e. The Morgan fingerprint density at radius 2 is 1.33 bits per heavy atom. The summed E-state index contributed by atoms with van der Waals surface area (Å²) in [5.74, 6) is -0.872. The lowest BCUT2D eigenvalue weighted by Crippen LogP contribution is -2.53. The highest BCUT2D eigenvalue weighted by molar-refractivity contribution is 5.85. The van der Waals surface area contributed by atoms with Gasteiger partial charge in [-0.3, -0.25) is 9.69 Å². The van der Waals surface area contributed by atoms with Crippen LogP contribution in [0.3, 0.4) is 0 Å². The van der Waals surface area contributed by atoms with E-state index in [1.54, 1.807) is 0 Å². The standard InChI is InChI=1S/C21H26N2O2.2ClH/c22-21(20(24)25)13-11-19(12-14-21)23(15-17-7-3-1-4-8-17)16-18-9-5-2-6-10-18;;/h1-10,19H,11-16,22H2,(H,24,25);2*1H. The molecule has 0 saturated heterocycles. The normalized spacial score (nSPS) is 21.8. The minimum absolute atomic E-state index is 0. The van der Waals surface area contributed by atoms with Crippen LogP contribution in [-0.2, 0) is 17.9 Å². The van der Waals surface area contributed by atoms with E-state index in [-0.39, 0.29) is 24.8 Å². The van der Waals surface area contributed by atoms with Crippen molar-refractivity contribution < 1.29 is 9.90 Å². The van der Waals surface area contributed by atoms with Crippen molar-refractivity contribution in [2.24, 2.45) is 5.73 Å². The minimum atomic E-state index is -1.05. The van der Waals surface area contributed by atoms with Crippen molar-refractivity contribution in [1.29, 1.82) is 0 Å². The Morgan fingerprint density at radius 3 is 1.70 bits per heavy atom. The van der Waals surface area contributed by atoms with Gasteiger partial charge in [-0.1, -0.05) is 60.7 Å². The summed E-state index contributed by atoms with van der Waals surface area (Å²) in [6, 6.07) is 21.2. The first-order valence-electron chi connectivity index (χ1n) is 8.91. The van der Waals surface area contributed by atoms with Gasteiger partial charge in [-0.15, -0.1) is 24.8 Å². The Balaban J connectivity index is 0.00000182. The van der Waals surface area contributed by atoms with Gasteiger partial charge in [0.15, 0.2) is 0 Å². The lowest BCUT2D eigenvalue weighted by molar-refractivity contribution is -0.145. The summed E-state index contributed by atoms with van der Waals surface area (Å²) >= 11 is 0. The first-order valence-corrected chi connectivity index (χ1v) is 8.91. The molecule has 0 unspecified atom stereocenters. The quantitative estimate of drug-likeness (QED) is 0.746. The molecule has 27 heavy (non-hydrogen) atoms. The number of carbonyl (C=O) groups is 1. The number of nitrogens with two attached hydrogens (primary N) is 1. The van der Waals surface area contributed by atoms with E-state index in [1.165, 1.54) is 11.1 Å². The molecule has 2 aromatic rings. The van der Waals surface area contributed by atoms with E-state index in [9.17, 15) is 9.90 Å². The second-order valence-electron chi connectivity index (χ2n) is 7.07. The predicted molar refractivity (Wildman–Crippen MR) is 113 cm³/mol. The molecule has 0 aromatic heterocycles. The molecule has 0 bridgehead atoms. The average Bonchev–Trinajstić information content (AvgIpc) is 2.63. The SMILES string of the molecule is Cl.Cl.NC1(C(=O)O)CCC(N(Cc2ccccc2)Cc2ccccc2)CC1. The summed E-state index contributed by atoms with van der Waals surface area (Å²) in [4.78, 5) is 13.9. The number of carboxylic acid groups (broad SMARTS) is 1. The number of hydrogen-bond donors (Lipinski definition) is 2. The third-order valence-corrected chi connectivity index (χ3v) is 5.25. The number of halogens is 2. The molecule has 0 spiro atoms. The summed E-state index contributed by atoms with van der Waals surface area (Å²) < 4.78 is 0. The van der Waals surface area contributed by atoms with Crippen molar-refractivity contribution >= 4 is 30.8 Å². The Kier molecular flexibility index (Phi) is 9.27. The zero-order chi connectivity index (χ0) is 17.7. The minimum Gasteiger partial charge on any atom is -0.480 e. The maximum atomic E-state index is 11.4. The zero-order valence-electron chi connectivity index (χ0n) is 15.3. The molecule has 0 heterocycles. The van der Waals surface area contributed by atoms with Crippen LogP contribution in [-0.4, -0.2) is 27.6 Å². The van der Waals surface area contributed by atoms with Gasteiger partial charge in [0.2, 0.25) is 0 Å². The van der Waals surface area contributed by atoms with Gasteiger partial charge in [-0.05, 0) is 36.8 Å². The molecule has 3 N–H and O–H groups in total. The predicted octanol–water partition coefficient (Wildman–Crippen LogP) is 4.26. The van der Waals surface area contributed by atoms with Crippen molar-refractivity contribution in [2.45, 2.75) is 50.4 Å². The molecule has 2 aromatic carbocycles. The van der Waals surface area contributed by atoms with E-state index < -0.39 is 11.5 Å². The van der Waals surface area contributed by atoms with Gasteiger partial charge in [-0.2, -0.15) is 0 Å². The number of hydrogen-bond acceptors (Lipinski definition) is 3. The van der Waals surface area contributed by atoms with Gasteiger partial charge in [-0.25, -0.2) is 0 Å². The highest BCUT2D eigenvalue weighted by Crippen LogP contribution is 2.31. The molecule has 4 nitrogen and oxygen atoms in total. The van der Waals surface area contributed by atoms with Crippen LogP contribution in [0.25, 0.3) is 0 Å². The van der Waals surface area contributed by atoms with Gasteiger partial charge in [0.1, 0.15) is 5.54 Å².